The van der Waals surface area contributed by atoms with Gasteiger partial charge in [-0.2, -0.15) is 0 Å². The SMILES string of the molecule is c1ccc(N(c2ccc(-c3ccc4c(c3)sc3ccccc34)cc2)c2ccc(-c3ccc4ccc5ccc6ccccc6c5c4c3)cc2)cc1. The van der Waals surface area contributed by atoms with E-state index in [1.807, 2.05) is 11.3 Å². The third kappa shape index (κ3) is 4.84. The first kappa shape index (κ1) is 28.8. The molecule has 0 unspecified atom stereocenters. The zero-order valence-electron chi connectivity index (χ0n) is 27.3. The van der Waals surface area contributed by atoms with E-state index in [4.69, 9.17) is 0 Å². The van der Waals surface area contributed by atoms with Crippen molar-refractivity contribution >= 4 is 80.9 Å². The molecule has 0 radical (unpaired) electrons. The van der Waals surface area contributed by atoms with Crippen molar-refractivity contribution < 1.29 is 0 Å². The van der Waals surface area contributed by atoms with Crippen molar-refractivity contribution in [2.24, 2.45) is 0 Å². The summed E-state index contributed by atoms with van der Waals surface area (Å²) in [7, 11) is 0. The Labute approximate surface area is 294 Å². The lowest BCUT2D eigenvalue weighted by Crippen LogP contribution is -2.09. The first-order valence-corrected chi connectivity index (χ1v) is 17.9. The van der Waals surface area contributed by atoms with E-state index in [1.54, 1.807) is 0 Å². The van der Waals surface area contributed by atoms with Crippen molar-refractivity contribution in [3.8, 4) is 22.3 Å². The molecule has 234 valence electrons. The fraction of sp³-hybridized carbons (Fsp3) is 0. The molecule has 0 bridgehead atoms. The highest BCUT2D eigenvalue weighted by Gasteiger charge is 2.14. The molecule has 0 saturated heterocycles. The van der Waals surface area contributed by atoms with Crippen molar-refractivity contribution in [2.75, 3.05) is 4.90 Å². The monoisotopic (exact) mass is 653 g/mol. The van der Waals surface area contributed by atoms with Crippen LogP contribution in [0.3, 0.4) is 0 Å². The number of rotatable bonds is 5. The van der Waals surface area contributed by atoms with Crippen molar-refractivity contribution in [3.05, 3.63) is 188 Å². The van der Waals surface area contributed by atoms with Crippen LogP contribution in [0.1, 0.15) is 0 Å². The molecule has 0 N–H and O–H groups in total. The fourth-order valence-electron chi connectivity index (χ4n) is 7.54. The van der Waals surface area contributed by atoms with Crippen LogP contribution in [0.4, 0.5) is 17.1 Å². The molecule has 0 fully saturated rings. The molecule has 50 heavy (non-hydrogen) atoms. The van der Waals surface area contributed by atoms with Crippen molar-refractivity contribution in [1.82, 2.24) is 0 Å². The fourth-order valence-corrected chi connectivity index (χ4v) is 8.69. The third-order valence-corrected chi connectivity index (χ3v) is 11.2. The Morgan fingerprint density at radius 1 is 0.300 bits per heavy atom. The Morgan fingerprint density at radius 2 is 0.800 bits per heavy atom. The summed E-state index contributed by atoms with van der Waals surface area (Å²) >= 11 is 1.87. The van der Waals surface area contributed by atoms with E-state index in [0.29, 0.717) is 0 Å². The highest BCUT2D eigenvalue weighted by atomic mass is 32.1. The maximum Gasteiger partial charge on any atom is 0.0462 e. The smallest absolute Gasteiger partial charge is 0.0462 e. The number of hydrogen-bond donors (Lipinski definition) is 0. The van der Waals surface area contributed by atoms with Crippen LogP contribution in [-0.2, 0) is 0 Å². The number of benzene rings is 9. The van der Waals surface area contributed by atoms with Crippen molar-refractivity contribution in [1.29, 1.82) is 0 Å². The summed E-state index contributed by atoms with van der Waals surface area (Å²) < 4.78 is 2.66. The summed E-state index contributed by atoms with van der Waals surface area (Å²) in [6, 6.07) is 68.7. The van der Waals surface area contributed by atoms with Crippen molar-refractivity contribution in [2.45, 2.75) is 0 Å². The minimum absolute atomic E-state index is 1.12. The van der Waals surface area contributed by atoms with Gasteiger partial charge in [0, 0.05) is 37.2 Å². The van der Waals surface area contributed by atoms with E-state index in [9.17, 15) is 0 Å². The van der Waals surface area contributed by atoms with Crippen LogP contribution in [0.15, 0.2) is 188 Å². The number of para-hydroxylation sites is 1. The largest absolute Gasteiger partial charge is 0.311 e. The van der Waals surface area contributed by atoms with Gasteiger partial charge in [0.2, 0.25) is 0 Å². The molecular formula is C48H31NS. The zero-order valence-corrected chi connectivity index (χ0v) is 28.1. The molecule has 0 amide bonds. The number of nitrogens with zero attached hydrogens (tertiary/aromatic N) is 1. The molecule has 1 nitrogen and oxygen atoms in total. The molecule has 10 aromatic rings. The Hall–Kier alpha value is -6.22. The third-order valence-electron chi connectivity index (χ3n) is 10.0. The predicted octanol–water partition coefficient (Wildman–Crippen LogP) is 14.3. The molecule has 0 saturated carbocycles. The van der Waals surface area contributed by atoms with Gasteiger partial charge in [-0.15, -0.1) is 11.3 Å². The molecule has 1 aromatic heterocycles. The summed E-state index contributed by atoms with van der Waals surface area (Å²) in [5.74, 6) is 0. The first-order valence-electron chi connectivity index (χ1n) is 17.1. The lowest BCUT2D eigenvalue weighted by atomic mass is 9.94. The van der Waals surface area contributed by atoms with Gasteiger partial charge in [-0.3, -0.25) is 0 Å². The van der Waals surface area contributed by atoms with Gasteiger partial charge in [0.25, 0.3) is 0 Å². The number of anilines is 3. The van der Waals surface area contributed by atoms with Crippen LogP contribution in [0.25, 0.3) is 74.7 Å². The van der Waals surface area contributed by atoms with Crippen LogP contribution in [0.5, 0.6) is 0 Å². The lowest BCUT2D eigenvalue weighted by Gasteiger charge is -2.26. The van der Waals surface area contributed by atoms with E-state index < -0.39 is 0 Å². The van der Waals surface area contributed by atoms with Crippen molar-refractivity contribution in [3.63, 3.8) is 0 Å². The van der Waals surface area contributed by atoms with Crippen LogP contribution in [0.2, 0.25) is 0 Å². The average molecular weight is 654 g/mol. The predicted molar refractivity (Wildman–Crippen MR) is 217 cm³/mol. The zero-order chi connectivity index (χ0) is 33.0. The second-order valence-electron chi connectivity index (χ2n) is 13.0. The highest BCUT2D eigenvalue weighted by molar-refractivity contribution is 7.25. The summed E-state index contributed by atoms with van der Waals surface area (Å²) in [4.78, 5) is 2.34. The Morgan fingerprint density at radius 3 is 1.54 bits per heavy atom. The van der Waals surface area contributed by atoms with E-state index in [2.05, 4.69) is 193 Å². The topological polar surface area (TPSA) is 3.24 Å². The van der Waals surface area contributed by atoms with Crippen LogP contribution in [0, 0.1) is 0 Å². The number of hydrogen-bond acceptors (Lipinski definition) is 2. The van der Waals surface area contributed by atoms with E-state index in [1.165, 1.54) is 74.7 Å². The van der Waals surface area contributed by atoms with Gasteiger partial charge in [-0.1, -0.05) is 133 Å². The Balaban J connectivity index is 1.01. The molecule has 1 heterocycles. The molecule has 0 aliphatic carbocycles. The maximum atomic E-state index is 2.36. The second-order valence-corrected chi connectivity index (χ2v) is 14.0. The minimum atomic E-state index is 1.12. The molecule has 0 aliphatic heterocycles. The molecule has 2 heteroatoms. The van der Waals surface area contributed by atoms with Gasteiger partial charge in [0.05, 0.1) is 0 Å². The van der Waals surface area contributed by atoms with Crippen LogP contribution < -0.4 is 4.90 Å². The standard InChI is InChI=1S/C48H31NS/c1-2-9-39(10-3-1)49(41-27-22-33(23-28-41)38-24-29-44-43-12-6-7-13-46(43)50-47(44)31-38)40-25-20-32(21-26-40)37-19-16-35-15-18-36-17-14-34-8-4-5-11-42(34)48(36)45(35)30-37/h1-31H. The molecule has 0 atom stereocenters. The maximum absolute atomic E-state index is 2.36. The van der Waals surface area contributed by atoms with Gasteiger partial charge in [-0.25, -0.2) is 0 Å². The Kier molecular flexibility index (Phi) is 6.75. The second kappa shape index (κ2) is 11.7. The molecule has 9 aromatic carbocycles. The lowest BCUT2D eigenvalue weighted by molar-refractivity contribution is 1.28. The van der Waals surface area contributed by atoms with E-state index in [-0.39, 0.29) is 0 Å². The summed E-state index contributed by atoms with van der Waals surface area (Å²) in [5.41, 5.74) is 8.25. The minimum Gasteiger partial charge on any atom is -0.311 e. The van der Waals surface area contributed by atoms with Gasteiger partial charge in [0.1, 0.15) is 0 Å². The number of fused-ring (bicyclic) bond motifs is 8. The Bertz CT molecular complexity index is 2840. The molecule has 0 aliphatic rings. The summed E-state index contributed by atoms with van der Waals surface area (Å²) in [6.45, 7) is 0. The highest BCUT2D eigenvalue weighted by Crippen LogP contribution is 2.40. The summed E-state index contributed by atoms with van der Waals surface area (Å²) in [5, 5.41) is 10.4. The van der Waals surface area contributed by atoms with Gasteiger partial charge >= 0.3 is 0 Å². The molecule has 10 rings (SSSR count). The van der Waals surface area contributed by atoms with Gasteiger partial charge < -0.3 is 4.90 Å². The van der Waals surface area contributed by atoms with Crippen LogP contribution >= 0.6 is 11.3 Å². The van der Waals surface area contributed by atoms with E-state index >= 15 is 0 Å². The molecular weight excluding hydrogens is 623 g/mol. The van der Waals surface area contributed by atoms with Gasteiger partial charge in [-0.05, 0) is 109 Å². The summed E-state index contributed by atoms with van der Waals surface area (Å²) in [6.07, 6.45) is 0. The average Bonchev–Trinajstić information content (AvgIpc) is 3.56. The quantitative estimate of drug-likeness (QED) is 0.167. The normalized spacial score (nSPS) is 11.6. The van der Waals surface area contributed by atoms with Gasteiger partial charge in [0.15, 0.2) is 0 Å². The van der Waals surface area contributed by atoms with E-state index in [0.717, 1.165) is 17.1 Å². The first-order chi connectivity index (χ1) is 24.8. The van der Waals surface area contributed by atoms with Crippen LogP contribution in [-0.4, -0.2) is 0 Å². The number of thiophene rings is 1. The molecule has 0 spiro atoms.